The first-order valence-electron chi connectivity index (χ1n) is 5.88. The van der Waals surface area contributed by atoms with Crippen LogP contribution in [0.2, 0.25) is 0 Å². The standard InChI is InChI=1S/C12H18N2O2S/c13-11-4-3-5-12(10-11)17(15,16)9-8-14-6-1-2-7-14/h3-5,10H,1-2,6-9,13H2. The van der Waals surface area contributed by atoms with Gasteiger partial charge in [-0.05, 0) is 44.1 Å². The molecule has 0 saturated carbocycles. The molecule has 0 atom stereocenters. The fourth-order valence-corrected chi connectivity index (χ4v) is 3.42. The normalized spacial score (nSPS) is 17.4. The molecule has 0 aromatic heterocycles. The van der Waals surface area contributed by atoms with Gasteiger partial charge in [0, 0.05) is 12.2 Å². The Morgan fingerprint density at radius 3 is 2.59 bits per heavy atom. The fourth-order valence-electron chi connectivity index (χ4n) is 2.08. The van der Waals surface area contributed by atoms with Gasteiger partial charge in [-0.25, -0.2) is 8.42 Å². The molecule has 1 fully saturated rings. The molecule has 0 bridgehead atoms. The van der Waals surface area contributed by atoms with E-state index < -0.39 is 9.84 Å². The lowest BCUT2D eigenvalue weighted by Gasteiger charge is -2.14. The van der Waals surface area contributed by atoms with Crippen LogP contribution in [0.5, 0.6) is 0 Å². The van der Waals surface area contributed by atoms with Gasteiger partial charge < -0.3 is 10.6 Å². The average molecular weight is 254 g/mol. The van der Waals surface area contributed by atoms with Crippen LogP contribution in [0.3, 0.4) is 0 Å². The van der Waals surface area contributed by atoms with Crippen molar-refractivity contribution < 1.29 is 8.42 Å². The van der Waals surface area contributed by atoms with Crippen molar-refractivity contribution in [1.29, 1.82) is 0 Å². The third kappa shape index (κ3) is 3.20. The molecule has 0 radical (unpaired) electrons. The number of anilines is 1. The number of likely N-dealkylation sites (tertiary alicyclic amines) is 1. The minimum absolute atomic E-state index is 0.177. The number of nitrogen functional groups attached to an aromatic ring is 1. The quantitative estimate of drug-likeness (QED) is 0.818. The maximum atomic E-state index is 12.1. The highest BCUT2D eigenvalue weighted by Gasteiger charge is 2.18. The van der Waals surface area contributed by atoms with E-state index in [-0.39, 0.29) is 5.75 Å². The van der Waals surface area contributed by atoms with Crippen molar-refractivity contribution in [3.63, 3.8) is 0 Å². The number of rotatable bonds is 4. The van der Waals surface area contributed by atoms with Crippen molar-refractivity contribution in [1.82, 2.24) is 4.90 Å². The Morgan fingerprint density at radius 2 is 1.94 bits per heavy atom. The molecule has 5 heteroatoms. The zero-order valence-corrected chi connectivity index (χ0v) is 10.6. The molecule has 0 spiro atoms. The number of sulfone groups is 1. The Kier molecular flexibility index (Phi) is 3.69. The first-order valence-corrected chi connectivity index (χ1v) is 7.54. The first-order chi connectivity index (χ1) is 8.08. The summed E-state index contributed by atoms with van der Waals surface area (Å²) in [6.45, 7) is 2.66. The molecular weight excluding hydrogens is 236 g/mol. The number of hydrogen-bond acceptors (Lipinski definition) is 4. The molecule has 1 aromatic carbocycles. The lowest BCUT2D eigenvalue weighted by Crippen LogP contribution is -2.26. The molecule has 0 aliphatic carbocycles. The second-order valence-corrected chi connectivity index (χ2v) is 6.55. The molecular formula is C12H18N2O2S. The van der Waals surface area contributed by atoms with Gasteiger partial charge in [-0.1, -0.05) is 6.07 Å². The third-order valence-corrected chi connectivity index (χ3v) is 4.78. The lowest BCUT2D eigenvalue weighted by molar-refractivity contribution is 0.359. The Hall–Kier alpha value is -1.07. The maximum absolute atomic E-state index is 12.1. The highest BCUT2D eigenvalue weighted by atomic mass is 32.2. The van der Waals surface area contributed by atoms with E-state index >= 15 is 0 Å². The second kappa shape index (κ2) is 5.06. The molecule has 0 amide bonds. The van der Waals surface area contributed by atoms with Crippen molar-refractivity contribution in [2.45, 2.75) is 17.7 Å². The summed E-state index contributed by atoms with van der Waals surface area (Å²) in [6, 6.07) is 6.51. The number of hydrogen-bond donors (Lipinski definition) is 1. The van der Waals surface area contributed by atoms with E-state index in [4.69, 9.17) is 5.73 Å². The minimum Gasteiger partial charge on any atom is -0.399 e. The average Bonchev–Trinajstić information content (AvgIpc) is 2.79. The topological polar surface area (TPSA) is 63.4 Å². The Balaban J connectivity index is 2.03. The van der Waals surface area contributed by atoms with Gasteiger partial charge in [0.2, 0.25) is 0 Å². The van der Waals surface area contributed by atoms with Gasteiger partial charge in [-0.2, -0.15) is 0 Å². The van der Waals surface area contributed by atoms with Gasteiger partial charge >= 0.3 is 0 Å². The van der Waals surface area contributed by atoms with Crippen LogP contribution in [-0.4, -0.2) is 38.7 Å². The van der Waals surface area contributed by atoms with E-state index in [0.717, 1.165) is 13.1 Å². The van der Waals surface area contributed by atoms with Crippen molar-refractivity contribution >= 4 is 15.5 Å². The summed E-state index contributed by atoms with van der Waals surface area (Å²) < 4.78 is 24.1. The molecule has 17 heavy (non-hydrogen) atoms. The predicted octanol–water partition coefficient (Wildman–Crippen LogP) is 1.14. The molecule has 94 valence electrons. The van der Waals surface area contributed by atoms with E-state index in [2.05, 4.69) is 4.90 Å². The zero-order chi connectivity index (χ0) is 12.3. The molecule has 1 saturated heterocycles. The zero-order valence-electron chi connectivity index (χ0n) is 9.80. The van der Waals surface area contributed by atoms with Crippen LogP contribution >= 0.6 is 0 Å². The van der Waals surface area contributed by atoms with Crippen LogP contribution in [0.15, 0.2) is 29.2 Å². The van der Waals surface area contributed by atoms with Gasteiger partial charge in [0.15, 0.2) is 9.84 Å². The maximum Gasteiger partial charge on any atom is 0.179 e. The number of benzene rings is 1. The second-order valence-electron chi connectivity index (χ2n) is 4.44. The van der Waals surface area contributed by atoms with Crippen LogP contribution in [0.25, 0.3) is 0 Å². The van der Waals surface area contributed by atoms with Gasteiger partial charge in [0.05, 0.1) is 10.6 Å². The molecule has 0 unspecified atom stereocenters. The van der Waals surface area contributed by atoms with Crippen molar-refractivity contribution in [2.24, 2.45) is 0 Å². The van der Waals surface area contributed by atoms with Gasteiger partial charge in [-0.3, -0.25) is 0 Å². The molecule has 2 rings (SSSR count). The van der Waals surface area contributed by atoms with Crippen molar-refractivity contribution in [2.75, 3.05) is 31.1 Å². The first kappa shape index (κ1) is 12.4. The van der Waals surface area contributed by atoms with Crippen LogP contribution in [-0.2, 0) is 9.84 Å². The third-order valence-electron chi connectivity index (χ3n) is 3.09. The van der Waals surface area contributed by atoms with E-state index in [1.54, 1.807) is 18.2 Å². The number of nitrogens with two attached hydrogens (primary N) is 1. The van der Waals surface area contributed by atoms with E-state index in [1.807, 2.05) is 0 Å². The van der Waals surface area contributed by atoms with E-state index in [0.29, 0.717) is 17.1 Å². The molecule has 1 heterocycles. The summed E-state index contributed by atoms with van der Waals surface area (Å²) in [5, 5.41) is 0. The van der Waals surface area contributed by atoms with Crippen LogP contribution in [0.1, 0.15) is 12.8 Å². The number of nitrogens with zero attached hydrogens (tertiary/aromatic N) is 1. The molecule has 1 aliphatic heterocycles. The SMILES string of the molecule is Nc1cccc(S(=O)(=O)CCN2CCCC2)c1. The van der Waals surface area contributed by atoms with Crippen LogP contribution in [0.4, 0.5) is 5.69 Å². The van der Waals surface area contributed by atoms with Crippen LogP contribution in [0, 0.1) is 0 Å². The fraction of sp³-hybridized carbons (Fsp3) is 0.500. The molecule has 2 N–H and O–H groups in total. The Bertz CT molecular complexity index is 479. The predicted molar refractivity (Wildman–Crippen MR) is 68.6 cm³/mol. The monoisotopic (exact) mass is 254 g/mol. The highest BCUT2D eigenvalue weighted by Crippen LogP contribution is 2.15. The van der Waals surface area contributed by atoms with E-state index in [1.165, 1.54) is 18.9 Å². The summed E-state index contributed by atoms with van der Waals surface area (Å²) >= 11 is 0. The summed E-state index contributed by atoms with van der Waals surface area (Å²) in [7, 11) is -3.19. The van der Waals surface area contributed by atoms with Gasteiger partial charge in [0.25, 0.3) is 0 Å². The van der Waals surface area contributed by atoms with Crippen LogP contribution < -0.4 is 5.73 Å². The van der Waals surface area contributed by atoms with Crippen molar-refractivity contribution in [3.05, 3.63) is 24.3 Å². The highest BCUT2D eigenvalue weighted by molar-refractivity contribution is 7.91. The molecule has 4 nitrogen and oxygen atoms in total. The smallest absolute Gasteiger partial charge is 0.179 e. The minimum atomic E-state index is -3.19. The Labute approximate surface area is 102 Å². The summed E-state index contributed by atoms with van der Waals surface area (Å²) in [4.78, 5) is 2.53. The lowest BCUT2D eigenvalue weighted by atomic mass is 10.3. The van der Waals surface area contributed by atoms with Gasteiger partial charge in [-0.15, -0.1) is 0 Å². The van der Waals surface area contributed by atoms with Gasteiger partial charge in [0.1, 0.15) is 0 Å². The van der Waals surface area contributed by atoms with E-state index in [9.17, 15) is 8.42 Å². The Morgan fingerprint density at radius 1 is 1.24 bits per heavy atom. The summed E-state index contributed by atoms with van der Waals surface area (Å²) in [5.74, 6) is 0.177. The van der Waals surface area contributed by atoms with Crippen molar-refractivity contribution in [3.8, 4) is 0 Å². The largest absolute Gasteiger partial charge is 0.399 e. The molecule has 1 aromatic rings. The molecule has 1 aliphatic rings. The summed E-state index contributed by atoms with van der Waals surface area (Å²) in [5.41, 5.74) is 6.09. The summed E-state index contributed by atoms with van der Waals surface area (Å²) in [6.07, 6.45) is 2.36.